The number of nitrogens with zero attached hydrogens (tertiary/aromatic N) is 2. The number of amidine groups is 2. The fourth-order valence-corrected chi connectivity index (χ4v) is 1.12. The molecule has 0 spiro atoms. The van der Waals surface area contributed by atoms with Crippen LogP contribution < -0.4 is 11.5 Å². The van der Waals surface area contributed by atoms with Gasteiger partial charge in [0.1, 0.15) is 0 Å². The monoisotopic (exact) mass is 232 g/mol. The van der Waals surface area contributed by atoms with Gasteiger partial charge in [-0.3, -0.25) is 10.8 Å². The van der Waals surface area contributed by atoms with E-state index in [1.807, 2.05) is 6.92 Å². The maximum atomic E-state index is 7.09. The first-order valence-corrected chi connectivity index (χ1v) is 5.10. The van der Waals surface area contributed by atoms with Gasteiger partial charge >= 0.3 is 0 Å². The van der Waals surface area contributed by atoms with Crippen molar-refractivity contribution in [2.75, 3.05) is 5.88 Å². The average Bonchev–Trinajstić information content (AvgIpc) is 2.10. The Labute approximate surface area is 94.1 Å². The Balaban J connectivity index is 4.09. The highest BCUT2D eigenvalue weighted by Crippen LogP contribution is 2.04. The standard InChI is InChI=1S/C8H17ClN6/c1-5(2-7(10)11)14-15-6(4-9)3-8(12)13/h5-6H,2-4H2,1H3,(H3,10,11)(H3,12,13). The SMILES string of the molecule is CC(CC(=N)N)N=NC(CCl)CC(=N)N. The third-order valence-corrected chi connectivity index (χ3v) is 1.93. The minimum atomic E-state index is -0.265. The highest BCUT2D eigenvalue weighted by molar-refractivity contribution is 6.18. The summed E-state index contributed by atoms with van der Waals surface area (Å²) >= 11 is 5.63. The topological polar surface area (TPSA) is 124 Å². The molecule has 0 saturated carbocycles. The van der Waals surface area contributed by atoms with Crippen LogP contribution >= 0.6 is 11.6 Å². The Hall–Kier alpha value is -1.17. The molecule has 15 heavy (non-hydrogen) atoms. The van der Waals surface area contributed by atoms with Crippen LogP contribution in [0, 0.1) is 10.8 Å². The number of halogens is 1. The van der Waals surface area contributed by atoms with E-state index in [0.717, 1.165) is 0 Å². The number of alkyl halides is 1. The van der Waals surface area contributed by atoms with Gasteiger partial charge in [0.15, 0.2) is 0 Å². The van der Waals surface area contributed by atoms with Crippen LogP contribution in [0.3, 0.4) is 0 Å². The van der Waals surface area contributed by atoms with Crippen LogP contribution in [0.4, 0.5) is 0 Å². The van der Waals surface area contributed by atoms with Crippen molar-refractivity contribution in [2.24, 2.45) is 21.7 Å². The van der Waals surface area contributed by atoms with Gasteiger partial charge in [-0.2, -0.15) is 10.2 Å². The second kappa shape index (κ2) is 7.17. The smallest absolute Gasteiger partial charge is 0.0927 e. The zero-order valence-corrected chi connectivity index (χ0v) is 9.46. The normalized spacial score (nSPS) is 15.1. The quantitative estimate of drug-likeness (QED) is 0.227. The molecule has 2 unspecified atom stereocenters. The van der Waals surface area contributed by atoms with Crippen molar-refractivity contribution in [1.29, 1.82) is 10.8 Å². The van der Waals surface area contributed by atoms with Crippen LogP contribution in [0.1, 0.15) is 19.8 Å². The first kappa shape index (κ1) is 13.8. The average molecular weight is 233 g/mol. The summed E-state index contributed by atoms with van der Waals surface area (Å²) < 4.78 is 0. The molecule has 0 aliphatic heterocycles. The van der Waals surface area contributed by atoms with Crippen molar-refractivity contribution in [3.05, 3.63) is 0 Å². The number of rotatable bonds is 7. The van der Waals surface area contributed by atoms with Gasteiger partial charge in [-0.05, 0) is 6.92 Å². The molecule has 0 heterocycles. The van der Waals surface area contributed by atoms with Gasteiger partial charge in [0.2, 0.25) is 0 Å². The second-order valence-corrected chi connectivity index (χ2v) is 3.66. The molecular formula is C8H17ClN6. The molecule has 0 radical (unpaired) electrons. The highest BCUT2D eigenvalue weighted by atomic mass is 35.5. The molecule has 0 aromatic carbocycles. The molecular weight excluding hydrogens is 216 g/mol. The Morgan fingerprint density at radius 2 is 1.73 bits per heavy atom. The van der Waals surface area contributed by atoms with Crippen molar-refractivity contribution >= 4 is 23.3 Å². The first-order chi connectivity index (χ1) is 6.95. The summed E-state index contributed by atoms with van der Waals surface area (Å²) in [6.45, 7) is 1.81. The third-order valence-electron chi connectivity index (χ3n) is 1.58. The van der Waals surface area contributed by atoms with Crippen molar-refractivity contribution < 1.29 is 0 Å². The predicted molar refractivity (Wildman–Crippen MR) is 61.9 cm³/mol. The summed E-state index contributed by atoms with van der Waals surface area (Å²) in [5, 5.41) is 22.1. The maximum Gasteiger partial charge on any atom is 0.0927 e. The lowest BCUT2D eigenvalue weighted by molar-refractivity contribution is 0.640. The van der Waals surface area contributed by atoms with E-state index in [0.29, 0.717) is 12.8 Å². The number of hydrogen-bond donors (Lipinski definition) is 4. The summed E-state index contributed by atoms with van der Waals surface area (Å²) in [6, 6.07) is -0.404. The maximum absolute atomic E-state index is 7.09. The number of nitrogens with two attached hydrogens (primary N) is 2. The zero-order chi connectivity index (χ0) is 11.8. The lowest BCUT2D eigenvalue weighted by atomic mass is 10.2. The van der Waals surface area contributed by atoms with Gasteiger partial charge in [0.25, 0.3) is 0 Å². The van der Waals surface area contributed by atoms with E-state index in [1.165, 1.54) is 0 Å². The Morgan fingerprint density at radius 3 is 2.13 bits per heavy atom. The minimum Gasteiger partial charge on any atom is -0.388 e. The van der Waals surface area contributed by atoms with Crippen LogP contribution in [0.5, 0.6) is 0 Å². The largest absolute Gasteiger partial charge is 0.388 e. The molecule has 86 valence electrons. The van der Waals surface area contributed by atoms with E-state index in [2.05, 4.69) is 10.2 Å². The van der Waals surface area contributed by atoms with Crippen LogP contribution in [0.2, 0.25) is 0 Å². The molecule has 6 nitrogen and oxygen atoms in total. The molecule has 0 aromatic rings. The molecule has 0 saturated heterocycles. The van der Waals surface area contributed by atoms with Gasteiger partial charge in [-0.1, -0.05) is 0 Å². The van der Waals surface area contributed by atoms with E-state index in [4.69, 9.17) is 33.9 Å². The predicted octanol–water partition coefficient (Wildman–Crippen LogP) is 1.09. The molecule has 0 fully saturated rings. The molecule has 0 rings (SSSR count). The van der Waals surface area contributed by atoms with Crippen LogP contribution in [-0.2, 0) is 0 Å². The van der Waals surface area contributed by atoms with Gasteiger partial charge in [0, 0.05) is 18.7 Å². The van der Waals surface area contributed by atoms with Gasteiger partial charge in [-0.25, -0.2) is 0 Å². The molecule has 0 bridgehead atoms. The van der Waals surface area contributed by atoms with Crippen molar-refractivity contribution in [1.82, 2.24) is 0 Å². The van der Waals surface area contributed by atoms with E-state index >= 15 is 0 Å². The lowest BCUT2D eigenvalue weighted by Gasteiger charge is -2.08. The third kappa shape index (κ3) is 7.87. The van der Waals surface area contributed by atoms with E-state index in [1.54, 1.807) is 0 Å². The Kier molecular flexibility index (Phi) is 6.61. The lowest BCUT2D eigenvalue weighted by Crippen LogP contribution is -2.20. The zero-order valence-electron chi connectivity index (χ0n) is 8.70. The molecule has 0 amide bonds. The molecule has 0 aliphatic rings. The summed E-state index contributed by atoms with van der Waals surface area (Å²) in [7, 11) is 0. The minimum absolute atomic E-state index is 0.0406. The van der Waals surface area contributed by atoms with Crippen molar-refractivity contribution in [3.8, 4) is 0 Å². The van der Waals surface area contributed by atoms with E-state index in [9.17, 15) is 0 Å². The van der Waals surface area contributed by atoms with Crippen LogP contribution in [-0.4, -0.2) is 29.6 Å². The van der Waals surface area contributed by atoms with Crippen molar-refractivity contribution in [2.45, 2.75) is 31.8 Å². The Morgan fingerprint density at radius 1 is 1.20 bits per heavy atom. The van der Waals surface area contributed by atoms with E-state index in [-0.39, 0.29) is 29.6 Å². The molecule has 0 aliphatic carbocycles. The molecule has 2 atom stereocenters. The van der Waals surface area contributed by atoms with E-state index < -0.39 is 0 Å². The van der Waals surface area contributed by atoms with Gasteiger partial charge in [0.05, 0.1) is 23.8 Å². The molecule has 0 aromatic heterocycles. The number of azo groups is 1. The summed E-state index contributed by atoms with van der Waals surface area (Å²) in [5.74, 6) is 0.393. The summed E-state index contributed by atoms with van der Waals surface area (Å²) in [4.78, 5) is 0. The highest BCUT2D eigenvalue weighted by Gasteiger charge is 2.08. The fraction of sp³-hybridized carbons (Fsp3) is 0.750. The fourth-order valence-electron chi connectivity index (χ4n) is 0.947. The number of hydrogen-bond acceptors (Lipinski definition) is 4. The van der Waals surface area contributed by atoms with Gasteiger partial charge in [-0.15, -0.1) is 11.6 Å². The second-order valence-electron chi connectivity index (χ2n) is 3.35. The first-order valence-electron chi connectivity index (χ1n) is 4.57. The molecule has 7 heteroatoms. The number of nitrogens with one attached hydrogen (secondary N) is 2. The van der Waals surface area contributed by atoms with Gasteiger partial charge < -0.3 is 11.5 Å². The van der Waals surface area contributed by atoms with Crippen LogP contribution in [0.15, 0.2) is 10.2 Å². The van der Waals surface area contributed by atoms with Crippen molar-refractivity contribution in [3.63, 3.8) is 0 Å². The molecule has 6 N–H and O–H groups in total. The summed E-state index contributed by atoms with van der Waals surface area (Å²) in [6.07, 6.45) is 0.679. The van der Waals surface area contributed by atoms with Crippen LogP contribution in [0.25, 0.3) is 0 Å². The Bertz CT molecular complexity index is 252. The summed E-state index contributed by atoms with van der Waals surface area (Å²) in [5.41, 5.74) is 10.4.